The van der Waals surface area contributed by atoms with E-state index in [2.05, 4.69) is 5.32 Å². The fourth-order valence-corrected chi connectivity index (χ4v) is 4.11. The third-order valence-electron chi connectivity index (χ3n) is 6.16. The third kappa shape index (κ3) is 7.93. The Morgan fingerprint density at radius 1 is 0.718 bits per heavy atom. The largest absolute Gasteiger partial charge is 0.485 e. The summed E-state index contributed by atoms with van der Waals surface area (Å²) in [4.78, 5) is 25.3. The molecule has 0 heterocycles. The van der Waals surface area contributed by atoms with E-state index >= 15 is 0 Å². The molecule has 0 spiro atoms. The van der Waals surface area contributed by atoms with Crippen molar-refractivity contribution in [3.05, 3.63) is 131 Å². The van der Waals surface area contributed by atoms with Gasteiger partial charge in [-0.2, -0.15) is 0 Å². The zero-order valence-electron chi connectivity index (χ0n) is 21.8. The zero-order chi connectivity index (χ0) is 27.5. The number of hydrogen-bond donors (Lipinski definition) is 2. The second-order valence-corrected chi connectivity index (χ2v) is 9.02. The van der Waals surface area contributed by atoms with Gasteiger partial charge in [-0.25, -0.2) is 0 Å². The van der Waals surface area contributed by atoms with Crippen LogP contribution in [0.3, 0.4) is 0 Å². The van der Waals surface area contributed by atoms with E-state index in [0.29, 0.717) is 30.3 Å². The summed E-state index contributed by atoms with van der Waals surface area (Å²) in [7, 11) is 1.45. The number of nitrogens with two attached hydrogens (primary N) is 1. The lowest BCUT2D eigenvalue weighted by atomic mass is 10.0. The molecule has 3 N–H and O–H groups in total. The van der Waals surface area contributed by atoms with Crippen LogP contribution in [0.25, 0.3) is 0 Å². The highest BCUT2D eigenvalue weighted by Gasteiger charge is 2.26. The van der Waals surface area contributed by atoms with Gasteiger partial charge < -0.3 is 25.3 Å². The molecule has 200 valence electrons. The van der Waals surface area contributed by atoms with Crippen molar-refractivity contribution < 1.29 is 23.8 Å². The average molecular weight is 525 g/mol. The van der Waals surface area contributed by atoms with Gasteiger partial charge in [-0.3, -0.25) is 9.59 Å². The van der Waals surface area contributed by atoms with Crippen LogP contribution in [0, 0.1) is 0 Å². The molecule has 0 saturated heterocycles. The molecule has 0 aliphatic rings. The summed E-state index contributed by atoms with van der Waals surface area (Å²) in [5.74, 6) is 0.000826. The highest BCUT2D eigenvalue weighted by Crippen LogP contribution is 2.31. The number of hydrogen-bond acceptors (Lipinski definition) is 5. The predicted octanol–water partition coefficient (Wildman–Crippen LogP) is 4.74. The van der Waals surface area contributed by atoms with E-state index in [9.17, 15) is 9.59 Å². The topological polar surface area (TPSA) is 99.9 Å². The van der Waals surface area contributed by atoms with Crippen LogP contribution in [0.2, 0.25) is 0 Å². The molecule has 0 aromatic heterocycles. The summed E-state index contributed by atoms with van der Waals surface area (Å²) in [5.41, 5.74) is 9.14. The van der Waals surface area contributed by atoms with Crippen LogP contribution in [0.4, 0.5) is 0 Å². The lowest BCUT2D eigenvalue weighted by Gasteiger charge is -2.21. The second-order valence-electron chi connectivity index (χ2n) is 9.02. The van der Waals surface area contributed by atoms with E-state index in [-0.39, 0.29) is 6.42 Å². The van der Waals surface area contributed by atoms with Crippen LogP contribution in [-0.2, 0) is 34.0 Å². The van der Waals surface area contributed by atoms with Gasteiger partial charge in [0.05, 0.1) is 0 Å². The highest BCUT2D eigenvalue weighted by atomic mass is 16.5. The molecule has 2 amide bonds. The van der Waals surface area contributed by atoms with Crippen molar-refractivity contribution in [3.63, 3.8) is 0 Å². The molecule has 4 aromatic carbocycles. The molecule has 2 atom stereocenters. The summed E-state index contributed by atoms with van der Waals surface area (Å²) in [6.45, 7) is 0.717. The van der Waals surface area contributed by atoms with Crippen molar-refractivity contribution >= 4 is 11.8 Å². The Labute approximate surface area is 228 Å². The van der Waals surface area contributed by atoms with Crippen molar-refractivity contribution in [1.29, 1.82) is 0 Å². The number of carbonyl (C=O) groups is 2. The van der Waals surface area contributed by atoms with Gasteiger partial charge in [-0.1, -0.05) is 97.1 Å². The molecule has 0 aliphatic carbocycles. The predicted molar refractivity (Wildman–Crippen MR) is 149 cm³/mol. The van der Waals surface area contributed by atoms with E-state index in [1.54, 1.807) is 18.2 Å². The van der Waals surface area contributed by atoms with Crippen molar-refractivity contribution in [2.24, 2.45) is 5.73 Å². The first-order valence-corrected chi connectivity index (χ1v) is 12.7. The van der Waals surface area contributed by atoms with Crippen molar-refractivity contribution in [3.8, 4) is 11.5 Å². The molecule has 0 radical (unpaired) electrons. The van der Waals surface area contributed by atoms with Gasteiger partial charge in [0.1, 0.15) is 19.3 Å². The molecule has 0 saturated carbocycles. The van der Waals surface area contributed by atoms with Gasteiger partial charge in [0.2, 0.25) is 5.91 Å². The molecule has 0 unspecified atom stereocenters. The lowest BCUT2D eigenvalue weighted by Crippen LogP contribution is -2.47. The van der Waals surface area contributed by atoms with E-state index in [1.165, 1.54) is 7.11 Å². The molecule has 4 rings (SSSR count). The third-order valence-corrected chi connectivity index (χ3v) is 6.16. The maximum Gasteiger partial charge on any atom is 0.254 e. The first-order valence-electron chi connectivity index (χ1n) is 12.7. The normalized spacial score (nSPS) is 12.2. The number of ether oxygens (including phenoxy) is 3. The molecule has 0 fully saturated rings. The summed E-state index contributed by atoms with van der Waals surface area (Å²) in [5, 5.41) is 2.74. The number of methoxy groups -OCH3 is 1. The number of amides is 2. The summed E-state index contributed by atoms with van der Waals surface area (Å²) in [6.07, 6.45) is -0.695. The SMILES string of the molecule is CO[C@H](C(=O)N[C@@H](Cc1ccc(OCc2ccccc2)c(OCc2ccccc2)c1)C(N)=O)c1ccccc1. The Kier molecular flexibility index (Phi) is 9.69. The van der Waals surface area contributed by atoms with E-state index in [4.69, 9.17) is 19.9 Å². The Bertz CT molecular complexity index is 1350. The number of benzene rings is 4. The Balaban J connectivity index is 1.51. The minimum Gasteiger partial charge on any atom is -0.485 e. The molecule has 4 aromatic rings. The Morgan fingerprint density at radius 3 is 1.79 bits per heavy atom. The molecular formula is C32H32N2O5. The summed E-state index contributed by atoms with van der Waals surface area (Å²) < 4.78 is 17.6. The smallest absolute Gasteiger partial charge is 0.254 e. The Hall–Kier alpha value is -4.62. The minimum absolute atomic E-state index is 0.174. The molecule has 0 aliphatic heterocycles. The summed E-state index contributed by atoms with van der Waals surface area (Å²) in [6, 6.07) is 33.2. The molecule has 0 bridgehead atoms. The van der Waals surface area contributed by atoms with Crippen LogP contribution in [0.5, 0.6) is 11.5 Å². The van der Waals surface area contributed by atoms with Crippen LogP contribution in [0.1, 0.15) is 28.4 Å². The van der Waals surface area contributed by atoms with Crippen LogP contribution in [-0.4, -0.2) is 25.0 Å². The van der Waals surface area contributed by atoms with Crippen molar-refractivity contribution in [2.75, 3.05) is 7.11 Å². The fraction of sp³-hybridized carbons (Fsp3) is 0.188. The van der Waals surface area contributed by atoms with Crippen LogP contribution < -0.4 is 20.5 Å². The fourth-order valence-electron chi connectivity index (χ4n) is 4.11. The second kappa shape index (κ2) is 13.8. The van der Waals surface area contributed by atoms with Gasteiger partial charge in [0.25, 0.3) is 5.91 Å². The van der Waals surface area contributed by atoms with E-state index in [1.807, 2.05) is 91.0 Å². The van der Waals surface area contributed by atoms with Gasteiger partial charge in [-0.05, 0) is 34.4 Å². The quantitative estimate of drug-likeness (QED) is 0.263. The molecule has 7 heteroatoms. The first-order chi connectivity index (χ1) is 19.0. The lowest BCUT2D eigenvalue weighted by molar-refractivity contribution is -0.134. The Morgan fingerprint density at radius 2 is 1.26 bits per heavy atom. The minimum atomic E-state index is -0.947. The zero-order valence-corrected chi connectivity index (χ0v) is 21.8. The standard InChI is InChI=1S/C32H32N2O5/c1-37-30(26-15-9-4-10-16-26)32(36)34-27(31(33)35)19-25-17-18-28(38-21-23-11-5-2-6-12-23)29(20-25)39-22-24-13-7-3-8-14-24/h2-18,20,27,30H,19,21-22H2,1H3,(H2,33,35)(H,34,36)/t27-,30-/m0/s1. The van der Waals surface area contributed by atoms with Crippen LogP contribution in [0.15, 0.2) is 109 Å². The number of rotatable bonds is 13. The maximum absolute atomic E-state index is 13.0. The highest BCUT2D eigenvalue weighted by molar-refractivity contribution is 5.89. The van der Waals surface area contributed by atoms with E-state index in [0.717, 1.165) is 16.7 Å². The van der Waals surface area contributed by atoms with Gasteiger partial charge in [-0.15, -0.1) is 0 Å². The average Bonchev–Trinajstić information content (AvgIpc) is 2.97. The van der Waals surface area contributed by atoms with E-state index < -0.39 is 24.0 Å². The van der Waals surface area contributed by atoms with Crippen LogP contribution >= 0.6 is 0 Å². The van der Waals surface area contributed by atoms with Gasteiger partial charge >= 0.3 is 0 Å². The van der Waals surface area contributed by atoms with Gasteiger partial charge in [0.15, 0.2) is 17.6 Å². The number of nitrogens with one attached hydrogen (secondary N) is 1. The number of carbonyl (C=O) groups excluding carboxylic acids is 2. The first kappa shape index (κ1) is 27.4. The summed E-state index contributed by atoms with van der Waals surface area (Å²) >= 11 is 0. The number of primary amides is 1. The van der Waals surface area contributed by atoms with Crippen molar-refractivity contribution in [2.45, 2.75) is 31.8 Å². The molecule has 7 nitrogen and oxygen atoms in total. The monoisotopic (exact) mass is 524 g/mol. The maximum atomic E-state index is 13.0. The van der Waals surface area contributed by atoms with Crippen molar-refractivity contribution in [1.82, 2.24) is 5.32 Å². The molecular weight excluding hydrogens is 492 g/mol. The van der Waals surface area contributed by atoms with Gasteiger partial charge in [0, 0.05) is 13.5 Å². The molecule has 39 heavy (non-hydrogen) atoms.